The number of amides is 1. The Bertz CT molecular complexity index is 868. The molecule has 1 aromatic heterocycles. The Balaban J connectivity index is 1.36. The number of carboxylic acids is 1. The van der Waals surface area contributed by atoms with E-state index in [2.05, 4.69) is 10.00 Å². The van der Waals surface area contributed by atoms with Gasteiger partial charge in [0, 0.05) is 43.9 Å². The minimum absolute atomic E-state index is 0.150. The highest BCUT2D eigenvalue weighted by atomic mass is 35.5. The number of hydrogen-bond acceptors (Lipinski definition) is 4. The second kappa shape index (κ2) is 6.94. The first-order valence-electron chi connectivity index (χ1n) is 8.64. The average Bonchev–Trinajstić information content (AvgIpc) is 3.27. The summed E-state index contributed by atoms with van der Waals surface area (Å²) in [5.41, 5.74) is 0.688. The van der Waals surface area contributed by atoms with E-state index in [1.54, 1.807) is 11.0 Å². The Morgan fingerprint density at radius 2 is 1.89 bits per heavy atom. The van der Waals surface area contributed by atoms with E-state index < -0.39 is 5.97 Å². The van der Waals surface area contributed by atoms with Crippen LogP contribution in [0.15, 0.2) is 30.5 Å². The highest BCUT2D eigenvalue weighted by molar-refractivity contribution is 6.30. The van der Waals surface area contributed by atoms with E-state index in [-0.39, 0.29) is 17.5 Å². The van der Waals surface area contributed by atoms with Gasteiger partial charge < -0.3 is 10.0 Å². The van der Waals surface area contributed by atoms with E-state index in [9.17, 15) is 14.0 Å². The minimum atomic E-state index is -1.16. The first-order valence-corrected chi connectivity index (χ1v) is 9.02. The third kappa shape index (κ3) is 3.68. The predicted octanol–water partition coefficient (Wildman–Crippen LogP) is 2.41. The van der Waals surface area contributed by atoms with Crippen LogP contribution in [0.4, 0.5) is 9.18 Å². The fourth-order valence-electron chi connectivity index (χ4n) is 4.03. The lowest BCUT2D eigenvalue weighted by molar-refractivity contribution is 0.0690. The van der Waals surface area contributed by atoms with Crippen LogP contribution in [-0.2, 0) is 6.54 Å². The van der Waals surface area contributed by atoms with Crippen LogP contribution in [0.5, 0.6) is 0 Å². The molecular weight excluding hydrogens is 375 g/mol. The van der Waals surface area contributed by atoms with Crippen LogP contribution in [0.1, 0.15) is 16.1 Å². The van der Waals surface area contributed by atoms with Crippen molar-refractivity contribution in [2.24, 2.45) is 11.8 Å². The van der Waals surface area contributed by atoms with Gasteiger partial charge in [-0.15, -0.1) is 0 Å². The van der Waals surface area contributed by atoms with Crippen LogP contribution < -0.4 is 0 Å². The second-order valence-electron chi connectivity index (χ2n) is 7.13. The normalized spacial score (nSPS) is 22.2. The van der Waals surface area contributed by atoms with Crippen LogP contribution in [0.2, 0.25) is 5.02 Å². The van der Waals surface area contributed by atoms with Crippen molar-refractivity contribution in [1.82, 2.24) is 19.6 Å². The summed E-state index contributed by atoms with van der Waals surface area (Å²) in [6.45, 7) is 3.47. The predicted molar refractivity (Wildman–Crippen MR) is 95.2 cm³/mol. The Labute approximate surface area is 159 Å². The van der Waals surface area contributed by atoms with Crippen molar-refractivity contribution in [3.63, 3.8) is 0 Å². The number of halogens is 2. The summed E-state index contributed by atoms with van der Waals surface area (Å²) >= 11 is 5.92. The number of fused-ring (bicyclic) bond motifs is 1. The van der Waals surface area contributed by atoms with Gasteiger partial charge in [0.15, 0.2) is 5.69 Å². The smallest absolute Gasteiger partial charge is 0.356 e. The van der Waals surface area contributed by atoms with Crippen LogP contribution in [0.3, 0.4) is 0 Å². The quantitative estimate of drug-likeness (QED) is 0.867. The van der Waals surface area contributed by atoms with E-state index in [0.29, 0.717) is 36.5 Å². The molecule has 9 heteroatoms. The summed E-state index contributed by atoms with van der Waals surface area (Å²) < 4.78 is 14.6. The first kappa shape index (κ1) is 17.9. The molecule has 0 aliphatic carbocycles. The number of carbonyl (C=O) groups excluding carboxylic acids is 1. The molecule has 0 spiro atoms. The Hall–Kier alpha value is -2.45. The molecule has 2 atom stereocenters. The largest absolute Gasteiger partial charge is 0.476 e. The van der Waals surface area contributed by atoms with E-state index in [4.69, 9.17) is 16.7 Å². The fourth-order valence-corrected chi connectivity index (χ4v) is 4.27. The first-order chi connectivity index (χ1) is 12.9. The summed E-state index contributed by atoms with van der Waals surface area (Å²) in [5, 5.41) is 13.1. The summed E-state index contributed by atoms with van der Waals surface area (Å²) in [7, 11) is 0. The standard InChI is InChI=1S/C18H18ClFN4O3/c19-14-3-11(4-15(20)5-14)6-22-7-12-9-23(10-13(12)8-22)18(27)24-2-1-16(21-24)17(25)26/h1-5,12-13H,6-10H2,(H,25,26)/t12-,13?/m0/s1. The molecule has 7 nitrogen and oxygen atoms in total. The molecule has 1 unspecified atom stereocenters. The summed E-state index contributed by atoms with van der Waals surface area (Å²) in [6, 6.07) is 5.56. The van der Waals surface area contributed by atoms with Gasteiger partial charge in [-0.3, -0.25) is 4.90 Å². The van der Waals surface area contributed by atoms with Gasteiger partial charge in [-0.1, -0.05) is 11.6 Å². The number of carbonyl (C=O) groups is 2. The van der Waals surface area contributed by atoms with E-state index in [1.165, 1.54) is 24.4 Å². The number of hydrogen-bond donors (Lipinski definition) is 1. The van der Waals surface area contributed by atoms with Crippen molar-refractivity contribution in [2.75, 3.05) is 26.2 Å². The Kier molecular flexibility index (Phi) is 4.61. The average molecular weight is 393 g/mol. The van der Waals surface area contributed by atoms with E-state index in [1.807, 2.05) is 0 Å². The van der Waals surface area contributed by atoms with Gasteiger partial charge in [0.05, 0.1) is 0 Å². The molecular formula is C18H18ClFN4O3. The van der Waals surface area contributed by atoms with Gasteiger partial charge >= 0.3 is 12.0 Å². The molecule has 2 aliphatic rings. The molecule has 1 amide bonds. The number of aromatic carboxylic acids is 1. The minimum Gasteiger partial charge on any atom is -0.476 e. The van der Waals surface area contributed by atoms with Gasteiger partial charge in [0.2, 0.25) is 0 Å². The number of nitrogens with zero attached hydrogens (tertiary/aromatic N) is 4. The number of rotatable bonds is 3. The van der Waals surface area contributed by atoms with Gasteiger partial charge in [0.25, 0.3) is 0 Å². The van der Waals surface area contributed by atoms with E-state index >= 15 is 0 Å². The zero-order valence-corrected chi connectivity index (χ0v) is 15.1. The summed E-state index contributed by atoms with van der Waals surface area (Å²) in [6.07, 6.45) is 1.37. The second-order valence-corrected chi connectivity index (χ2v) is 7.57. The molecule has 2 fully saturated rings. The maximum atomic E-state index is 13.5. The van der Waals surface area contributed by atoms with E-state index in [0.717, 1.165) is 23.3 Å². The lowest BCUT2D eigenvalue weighted by Gasteiger charge is -2.21. The SMILES string of the molecule is O=C(O)c1ccn(C(=O)N2CC3CN(Cc4cc(F)cc(Cl)c4)C[C@H]3C2)n1. The number of carboxylic acid groups (broad SMARTS) is 1. The van der Waals surface area contributed by atoms with Crippen molar-refractivity contribution in [3.8, 4) is 0 Å². The maximum absolute atomic E-state index is 13.5. The number of likely N-dealkylation sites (tertiary alicyclic amines) is 2. The monoisotopic (exact) mass is 392 g/mol. The molecule has 1 aromatic carbocycles. The van der Waals surface area contributed by atoms with Gasteiger partial charge in [0.1, 0.15) is 5.82 Å². The van der Waals surface area contributed by atoms with Crippen LogP contribution in [0.25, 0.3) is 0 Å². The van der Waals surface area contributed by atoms with Crippen molar-refractivity contribution in [2.45, 2.75) is 6.54 Å². The topological polar surface area (TPSA) is 78.7 Å². The zero-order valence-electron chi connectivity index (χ0n) is 14.4. The lowest BCUT2D eigenvalue weighted by atomic mass is 10.0. The Morgan fingerprint density at radius 1 is 1.19 bits per heavy atom. The molecule has 2 aromatic rings. The maximum Gasteiger partial charge on any atom is 0.356 e. The van der Waals surface area contributed by atoms with Gasteiger partial charge in [-0.05, 0) is 41.7 Å². The highest BCUT2D eigenvalue weighted by Crippen LogP contribution is 2.32. The van der Waals surface area contributed by atoms with Crippen LogP contribution in [-0.4, -0.2) is 62.9 Å². The summed E-state index contributed by atoms with van der Waals surface area (Å²) in [4.78, 5) is 27.4. The molecule has 0 radical (unpaired) electrons. The van der Waals surface area contributed by atoms with Crippen molar-refractivity contribution >= 4 is 23.6 Å². The zero-order chi connectivity index (χ0) is 19.1. The van der Waals surface area contributed by atoms with Gasteiger partial charge in [-0.2, -0.15) is 9.78 Å². The molecule has 0 saturated carbocycles. The van der Waals surface area contributed by atoms with Crippen LogP contribution in [0, 0.1) is 17.7 Å². The highest BCUT2D eigenvalue weighted by Gasteiger charge is 2.42. The van der Waals surface area contributed by atoms with Crippen LogP contribution >= 0.6 is 11.6 Å². The summed E-state index contributed by atoms with van der Waals surface area (Å²) in [5.74, 6) is -0.818. The molecule has 0 bridgehead atoms. The van der Waals surface area contributed by atoms with Crippen molar-refractivity contribution < 1.29 is 19.1 Å². The van der Waals surface area contributed by atoms with Crippen molar-refractivity contribution in [3.05, 3.63) is 52.6 Å². The molecule has 2 saturated heterocycles. The number of aromatic nitrogens is 2. The lowest BCUT2D eigenvalue weighted by Crippen LogP contribution is -2.36. The molecule has 3 heterocycles. The molecule has 2 aliphatic heterocycles. The van der Waals surface area contributed by atoms with Crippen molar-refractivity contribution in [1.29, 1.82) is 0 Å². The molecule has 142 valence electrons. The molecule has 4 rings (SSSR count). The molecule has 1 N–H and O–H groups in total. The number of benzene rings is 1. The molecule has 27 heavy (non-hydrogen) atoms. The van der Waals surface area contributed by atoms with Gasteiger partial charge in [-0.25, -0.2) is 14.0 Å². The Morgan fingerprint density at radius 3 is 2.48 bits per heavy atom. The third-order valence-electron chi connectivity index (χ3n) is 5.17. The third-order valence-corrected chi connectivity index (χ3v) is 5.38. The fraction of sp³-hybridized carbons (Fsp3) is 0.389.